The molecule has 1 atom stereocenters. The predicted molar refractivity (Wildman–Crippen MR) is 62.6 cm³/mol. The molecule has 2 nitrogen and oxygen atoms in total. The van der Waals surface area contributed by atoms with Gasteiger partial charge in [0.2, 0.25) is 0 Å². The van der Waals surface area contributed by atoms with Gasteiger partial charge in [-0.1, -0.05) is 12.1 Å². The van der Waals surface area contributed by atoms with Gasteiger partial charge in [0.1, 0.15) is 5.78 Å². The molecule has 1 aromatic carbocycles. The molecule has 0 aliphatic heterocycles. The van der Waals surface area contributed by atoms with E-state index in [1.807, 2.05) is 18.2 Å². The van der Waals surface area contributed by atoms with Crippen LogP contribution in [-0.2, 0) is 17.6 Å². The second-order valence-corrected chi connectivity index (χ2v) is 4.59. The molecular weight excluding hydrogens is 200 g/mol. The van der Waals surface area contributed by atoms with Crippen molar-refractivity contribution in [3.8, 4) is 0 Å². The minimum absolute atomic E-state index is 0.108. The molecule has 0 bridgehead atoms. The number of benzene rings is 1. The molecule has 2 heteroatoms. The van der Waals surface area contributed by atoms with Gasteiger partial charge in [-0.2, -0.15) is 0 Å². The van der Waals surface area contributed by atoms with Gasteiger partial charge >= 0.3 is 0 Å². The molecule has 0 amide bonds. The highest BCUT2D eigenvalue weighted by atomic mass is 16.1. The first-order valence-corrected chi connectivity index (χ1v) is 5.71. The van der Waals surface area contributed by atoms with Gasteiger partial charge in [-0.15, -0.1) is 0 Å². The largest absolute Gasteiger partial charge is 0.300 e. The van der Waals surface area contributed by atoms with Gasteiger partial charge < -0.3 is 0 Å². The van der Waals surface area contributed by atoms with E-state index < -0.39 is 0 Å². The standard InChI is InChI=1S/C14H16O2/c1-9(15)11-3-5-14-8-12(10(2)16)4-6-13(14)7-11/h3,5,7,12H,4,6,8H2,1-2H3. The summed E-state index contributed by atoms with van der Waals surface area (Å²) in [5.74, 6) is 0.563. The molecular formula is C14H16O2. The second-order valence-electron chi connectivity index (χ2n) is 4.59. The summed E-state index contributed by atoms with van der Waals surface area (Å²) in [4.78, 5) is 22.6. The Hall–Kier alpha value is -1.44. The fourth-order valence-corrected chi connectivity index (χ4v) is 2.32. The van der Waals surface area contributed by atoms with Crippen LogP contribution in [0.1, 0.15) is 41.8 Å². The molecule has 1 aromatic rings. The van der Waals surface area contributed by atoms with Crippen LogP contribution >= 0.6 is 0 Å². The normalized spacial score (nSPS) is 19.0. The van der Waals surface area contributed by atoms with Gasteiger partial charge in [0.05, 0.1) is 0 Å². The number of hydrogen-bond donors (Lipinski definition) is 0. The Morgan fingerprint density at radius 1 is 1.19 bits per heavy atom. The van der Waals surface area contributed by atoms with Gasteiger partial charge in [-0.05, 0) is 50.3 Å². The first-order valence-electron chi connectivity index (χ1n) is 5.71. The molecule has 0 aromatic heterocycles. The molecule has 0 saturated carbocycles. The molecule has 0 N–H and O–H groups in total. The summed E-state index contributed by atoms with van der Waals surface area (Å²) < 4.78 is 0. The maximum atomic E-state index is 11.3. The zero-order valence-corrected chi connectivity index (χ0v) is 9.75. The predicted octanol–water partition coefficient (Wildman–Crippen LogP) is 2.58. The lowest BCUT2D eigenvalue weighted by molar-refractivity contribution is -0.121. The lowest BCUT2D eigenvalue weighted by Crippen LogP contribution is -2.20. The monoisotopic (exact) mass is 216 g/mol. The van der Waals surface area contributed by atoms with E-state index in [9.17, 15) is 9.59 Å². The van der Waals surface area contributed by atoms with E-state index in [4.69, 9.17) is 0 Å². The third kappa shape index (κ3) is 2.06. The Morgan fingerprint density at radius 3 is 2.56 bits per heavy atom. The van der Waals surface area contributed by atoms with Gasteiger partial charge in [0.25, 0.3) is 0 Å². The van der Waals surface area contributed by atoms with Crippen LogP contribution in [0.15, 0.2) is 18.2 Å². The number of hydrogen-bond acceptors (Lipinski definition) is 2. The highest BCUT2D eigenvalue weighted by Crippen LogP contribution is 2.27. The molecule has 1 aliphatic carbocycles. The molecule has 2 rings (SSSR count). The molecule has 84 valence electrons. The van der Waals surface area contributed by atoms with Crippen LogP contribution in [0.2, 0.25) is 0 Å². The zero-order chi connectivity index (χ0) is 11.7. The van der Waals surface area contributed by atoms with Crippen LogP contribution in [0, 0.1) is 5.92 Å². The maximum Gasteiger partial charge on any atom is 0.159 e. The Balaban J connectivity index is 2.29. The first kappa shape index (κ1) is 11.1. The highest BCUT2D eigenvalue weighted by Gasteiger charge is 2.22. The van der Waals surface area contributed by atoms with E-state index in [1.165, 1.54) is 11.1 Å². The van der Waals surface area contributed by atoms with Crippen LogP contribution < -0.4 is 0 Å². The summed E-state index contributed by atoms with van der Waals surface area (Å²) in [6.07, 6.45) is 2.67. The van der Waals surface area contributed by atoms with Crippen LogP contribution in [-0.4, -0.2) is 11.6 Å². The number of ketones is 2. The third-order valence-electron chi connectivity index (χ3n) is 3.42. The maximum absolute atomic E-state index is 11.3. The van der Waals surface area contributed by atoms with Crippen molar-refractivity contribution in [1.82, 2.24) is 0 Å². The van der Waals surface area contributed by atoms with E-state index in [-0.39, 0.29) is 17.5 Å². The summed E-state index contributed by atoms with van der Waals surface area (Å²) in [5.41, 5.74) is 3.25. The number of fused-ring (bicyclic) bond motifs is 1. The minimum atomic E-state index is 0.108. The van der Waals surface area contributed by atoms with Crippen LogP contribution in [0.5, 0.6) is 0 Å². The van der Waals surface area contributed by atoms with Crippen molar-refractivity contribution >= 4 is 11.6 Å². The fraction of sp³-hybridized carbons (Fsp3) is 0.429. The average molecular weight is 216 g/mol. The lowest BCUT2D eigenvalue weighted by atomic mass is 9.81. The molecule has 0 radical (unpaired) electrons. The number of rotatable bonds is 2. The molecule has 16 heavy (non-hydrogen) atoms. The van der Waals surface area contributed by atoms with Gasteiger partial charge in [-0.3, -0.25) is 9.59 Å². The molecule has 0 spiro atoms. The van der Waals surface area contributed by atoms with E-state index in [1.54, 1.807) is 13.8 Å². The quantitative estimate of drug-likeness (QED) is 0.712. The molecule has 1 aliphatic rings. The Kier molecular flexibility index (Phi) is 2.90. The average Bonchev–Trinajstić information content (AvgIpc) is 2.27. The van der Waals surface area contributed by atoms with Crippen LogP contribution in [0.25, 0.3) is 0 Å². The molecule has 0 fully saturated rings. The summed E-state index contributed by atoms with van der Waals surface area (Å²) in [6, 6.07) is 5.85. The van der Waals surface area contributed by atoms with Gasteiger partial charge in [0, 0.05) is 11.5 Å². The van der Waals surface area contributed by atoms with Crippen molar-refractivity contribution < 1.29 is 9.59 Å². The van der Waals surface area contributed by atoms with Crippen molar-refractivity contribution in [2.75, 3.05) is 0 Å². The fourth-order valence-electron chi connectivity index (χ4n) is 2.32. The van der Waals surface area contributed by atoms with Crippen molar-refractivity contribution in [2.45, 2.75) is 33.1 Å². The zero-order valence-electron chi connectivity index (χ0n) is 9.75. The molecule has 0 saturated heterocycles. The third-order valence-corrected chi connectivity index (χ3v) is 3.42. The van der Waals surface area contributed by atoms with Crippen LogP contribution in [0.3, 0.4) is 0 Å². The number of carbonyl (C=O) groups excluding carboxylic acids is 2. The Morgan fingerprint density at radius 2 is 1.94 bits per heavy atom. The smallest absolute Gasteiger partial charge is 0.159 e. The number of aryl methyl sites for hydroxylation is 1. The first-order chi connectivity index (χ1) is 7.58. The van der Waals surface area contributed by atoms with E-state index in [0.717, 1.165) is 24.8 Å². The highest BCUT2D eigenvalue weighted by molar-refractivity contribution is 5.94. The van der Waals surface area contributed by atoms with Crippen molar-refractivity contribution in [2.24, 2.45) is 5.92 Å². The molecule has 0 heterocycles. The molecule has 1 unspecified atom stereocenters. The minimum Gasteiger partial charge on any atom is -0.300 e. The van der Waals surface area contributed by atoms with Crippen LogP contribution in [0.4, 0.5) is 0 Å². The summed E-state index contributed by atoms with van der Waals surface area (Å²) in [6.45, 7) is 3.25. The summed E-state index contributed by atoms with van der Waals surface area (Å²) in [5, 5.41) is 0. The van der Waals surface area contributed by atoms with Crippen molar-refractivity contribution in [3.63, 3.8) is 0 Å². The second kappa shape index (κ2) is 4.20. The SMILES string of the molecule is CC(=O)c1ccc2c(c1)CCC(C(C)=O)C2. The van der Waals surface area contributed by atoms with E-state index >= 15 is 0 Å². The van der Waals surface area contributed by atoms with Gasteiger partial charge in [-0.25, -0.2) is 0 Å². The lowest BCUT2D eigenvalue weighted by Gasteiger charge is -2.22. The summed E-state index contributed by atoms with van der Waals surface area (Å²) in [7, 11) is 0. The van der Waals surface area contributed by atoms with Crippen molar-refractivity contribution in [3.05, 3.63) is 34.9 Å². The Labute approximate surface area is 95.7 Å². The number of carbonyl (C=O) groups is 2. The van der Waals surface area contributed by atoms with E-state index in [0.29, 0.717) is 0 Å². The topological polar surface area (TPSA) is 34.1 Å². The van der Waals surface area contributed by atoms with Crippen molar-refractivity contribution in [1.29, 1.82) is 0 Å². The number of Topliss-reactive ketones (excluding diaryl/α,β-unsaturated/α-hetero) is 2. The Bertz CT molecular complexity index is 446. The van der Waals surface area contributed by atoms with Gasteiger partial charge in [0.15, 0.2) is 5.78 Å². The summed E-state index contributed by atoms with van der Waals surface area (Å²) >= 11 is 0. The van der Waals surface area contributed by atoms with E-state index in [2.05, 4.69) is 0 Å².